The van der Waals surface area contributed by atoms with Crippen molar-refractivity contribution in [2.24, 2.45) is 5.92 Å². The number of hydrogen-bond acceptors (Lipinski definition) is 0. The maximum atomic E-state index is 13.5. The van der Waals surface area contributed by atoms with Gasteiger partial charge in [-0.05, 0) is 77.5 Å². The Bertz CT molecular complexity index is 933. The van der Waals surface area contributed by atoms with Crippen LogP contribution in [0, 0.1) is 17.6 Å². The Morgan fingerprint density at radius 2 is 1.17 bits per heavy atom. The first-order valence-electron chi connectivity index (χ1n) is 10.8. The Balaban J connectivity index is 1.44. The van der Waals surface area contributed by atoms with Crippen LogP contribution >= 0.6 is 0 Å². The number of hydrogen-bond donors (Lipinski definition) is 0. The minimum absolute atomic E-state index is 0.685. The number of halogens is 2. The molecule has 0 radical (unpaired) electrons. The van der Waals surface area contributed by atoms with Crippen LogP contribution in [-0.4, -0.2) is 0 Å². The third-order valence-electron chi connectivity index (χ3n) is 6.40. The molecule has 0 unspecified atom stereocenters. The molecule has 3 aromatic carbocycles. The third-order valence-corrected chi connectivity index (χ3v) is 6.40. The van der Waals surface area contributed by atoms with Crippen molar-refractivity contribution in [1.29, 1.82) is 0 Å². The van der Waals surface area contributed by atoms with E-state index in [4.69, 9.17) is 0 Å². The largest absolute Gasteiger partial charge is 0.204 e. The van der Waals surface area contributed by atoms with Gasteiger partial charge in [0.15, 0.2) is 11.6 Å². The first kappa shape index (κ1) is 19.8. The van der Waals surface area contributed by atoms with Crippen molar-refractivity contribution in [3.05, 3.63) is 83.9 Å². The molecule has 1 aliphatic carbocycles. The first-order valence-corrected chi connectivity index (χ1v) is 10.8. The van der Waals surface area contributed by atoms with Crippen molar-refractivity contribution >= 4 is 0 Å². The molecule has 0 saturated heterocycles. The zero-order valence-electron chi connectivity index (χ0n) is 17.0. The van der Waals surface area contributed by atoms with E-state index in [0.29, 0.717) is 11.5 Å². The molecule has 0 heterocycles. The molecular formula is C27H28F2. The van der Waals surface area contributed by atoms with Crippen LogP contribution < -0.4 is 0 Å². The predicted octanol–water partition coefficient (Wildman–Crippen LogP) is 8.37. The topological polar surface area (TPSA) is 0 Å². The maximum absolute atomic E-state index is 13.5. The van der Waals surface area contributed by atoms with Crippen LogP contribution in [0.25, 0.3) is 22.3 Å². The van der Waals surface area contributed by atoms with Crippen LogP contribution in [0.3, 0.4) is 0 Å². The van der Waals surface area contributed by atoms with Crippen LogP contribution in [0.2, 0.25) is 0 Å². The smallest absolute Gasteiger partial charge is 0.159 e. The molecule has 0 bridgehead atoms. The minimum atomic E-state index is -0.815. The van der Waals surface area contributed by atoms with Crippen molar-refractivity contribution < 1.29 is 8.78 Å². The molecule has 1 fully saturated rings. The minimum Gasteiger partial charge on any atom is -0.204 e. The van der Waals surface area contributed by atoms with E-state index in [1.54, 1.807) is 6.07 Å². The van der Waals surface area contributed by atoms with Crippen molar-refractivity contribution in [2.75, 3.05) is 0 Å². The normalized spacial score (nSPS) is 19.3. The Morgan fingerprint density at radius 1 is 0.655 bits per heavy atom. The Morgan fingerprint density at radius 3 is 1.72 bits per heavy atom. The van der Waals surface area contributed by atoms with Gasteiger partial charge in [0.1, 0.15) is 0 Å². The highest BCUT2D eigenvalue weighted by atomic mass is 19.2. The van der Waals surface area contributed by atoms with Gasteiger partial charge in [0.05, 0.1) is 0 Å². The van der Waals surface area contributed by atoms with Crippen LogP contribution in [0.5, 0.6) is 0 Å². The quantitative estimate of drug-likeness (QED) is 0.410. The van der Waals surface area contributed by atoms with Gasteiger partial charge in [0.25, 0.3) is 0 Å². The molecule has 0 amide bonds. The van der Waals surface area contributed by atoms with Gasteiger partial charge < -0.3 is 0 Å². The molecule has 2 heteroatoms. The molecule has 0 nitrogen and oxygen atoms in total. The first-order chi connectivity index (χ1) is 14.1. The van der Waals surface area contributed by atoms with Crippen LogP contribution in [-0.2, 0) is 0 Å². The van der Waals surface area contributed by atoms with Crippen molar-refractivity contribution in [1.82, 2.24) is 0 Å². The molecule has 1 saturated carbocycles. The van der Waals surface area contributed by atoms with Gasteiger partial charge in [-0.3, -0.25) is 0 Å². The second-order valence-electron chi connectivity index (χ2n) is 8.33. The molecule has 0 aliphatic heterocycles. The Labute approximate surface area is 172 Å². The molecule has 1 aliphatic rings. The summed E-state index contributed by atoms with van der Waals surface area (Å²) in [6.45, 7) is 2.29. The lowest BCUT2D eigenvalue weighted by Gasteiger charge is -2.28. The van der Waals surface area contributed by atoms with E-state index in [2.05, 4.69) is 31.2 Å². The second-order valence-corrected chi connectivity index (χ2v) is 8.33. The van der Waals surface area contributed by atoms with Gasteiger partial charge in [0, 0.05) is 0 Å². The SMILES string of the molecule is CCCC1CCC(c2ccc(-c3ccc(-c4ccc(F)c(F)c4)cc3)cc2)CC1. The van der Waals surface area contributed by atoms with Gasteiger partial charge in [0.2, 0.25) is 0 Å². The fraction of sp³-hybridized carbons (Fsp3) is 0.333. The van der Waals surface area contributed by atoms with E-state index in [1.165, 1.54) is 61.8 Å². The highest BCUT2D eigenvalue weighted by molar-refractivity contribution is 5.70. The number of rotatable bonds is 5. The van der Waals surface area contributed by atoms with Crippen LogP contribution in [0.4, 0.5) is 8.78 Å². The second kappa shape index (κ2) is 8.90. The summed E-state index contributed by atoms with van der Waals surface area (Å²) >= 11 is 0. The zero-order chi connectivity index (χ0) is 20.2. The highest BCUT2D eigenvalue weighted by Gasteiger charge is 2.21. The van der Waals surface area contributed by atoms with Gasteiger partial charge in [-0.25, -0.2) is 8.78 Å². The summed E-state index contributed by atoms with van der Waals surface area (Å²) in [6, 6.07) is 21.0. The Hall–Kier alpha value is -2.48. The highest BCUT2D eigenvalue weighted by Crippen LogP contribution is 2.38. The molecule has 0 aromatic heterocycles. The van der Waals surface area contributed by atoms with Gasteiger partial charge in [-0.2, -0.15) is 0 Å². The molecule has 0 N–H and O–H groups in total. The van der Waals surface area contributed by atoms with E-state index in [9.17, 15) is 8.78 Å². The predicted molar refractivity (Wildman–Crippen MR) is 117 cm³/mol. The van der Waals surface area contributed by atoms with Crippen LogP contribution in [0.15, 0.2) is 66.7 Å². The van der Waals surface area contributed by atoms with Crippen molar-refractivity contribution in [3.63, 3.8) is 0 Å². The fourth-order valence-corrected chi connectivity index (χ4v) is 4.67. The lowest BCUT2D eigenvalue weighted by molar-refractivity contribution is 0.308. The zero-order valence-corrected chi connectivity index (χ0v) is 17.0. The van der Waals surface area contributed by atoms with Crippen molar-refractivity contribution in [2.45, 2.75) is 51.4 Å². The van der Waals surface area contributed by atoms with E-state index in [-0.39, 0.29) is 0 Å². The summed E-state index contributed by atoms with van der Waals surface area (Å²) in [7, 11) is 0. The molecule has 0 spiro atoms. The summed E-state index contributed by atoms with van der Waals surface area (Å²) in [5, 5.41) is 0. The van der Waals surface area contributed by atoms with E-state index >= 15 is 0 Å². The average molecular weight is 391 g/mol. The van der Waals surface area contributed by atoms with Crippen molar-refractivity contribution in [3.8, 4) is 22.3 Å². The molecule has 0 atom stereocenters. The molecular weight excluding hydrogens is 362 g/mol. The van der Waals surface area contributed by atoms with Gasteiger partial charge in [-0.15, -0.1) is 0 Å². The Kier molecular flexibility index (Phi) is 6.08. The van der Waals surface area contributed by atoms with Gasteiger partial charge >= 0.3 is 0 Å². The molecule has 4 rings (SSSR count). The van der Waals surface area contributed by atoms with E-state index in [1.807, 2.05) is 24.3 Å². The number of benzene rings is 3. The summed E-state index contributed by atoms with van der Waals surface area (Å²) in [5.74, 6) is 0.00623. The maximum Gasteiger partial charge on any atom is 0.159 e. The van der Waals surface area contributed by atoms with E-state index < -0.39 is 11.6 Å². The molecule has 3 aromatic rings. The molecule has 150 valence electrons. The summed E-state index contributed by atoms with van der Waals surface area (Å²) in [6.07, 6.45) is 8.04. The third kappa shape index (κ3) is 4.58. The molecule has 29 heavy (non-hydrogen) atoms. The van der Waals surface area contributed by atoms with Gasteiger partial charge in [-0.1, -0.05) is 74.4 Å². The fourth-order valence-electron chi connectivity index (χ4n) is 4.67. The lowest BCUT2D eigenvalue weighted by Crippen LogP contribution is -2.13. The van der Waals surface area contributed by atoms with E-state index in [0.717, 1.165) is 17.0 Å². The lowest BCUT2D eigenvalue weighted by atomic mass is 9.77. The summed E-state index contributed by atoms with van der Waals surface area (Å²) in [5.41, 5.74) is 5.35. The monoisotopic (exact) mass is 390 g/mol. The summed E-state index contributed by atoms with van der Waals surface area (Å²) in [4.78, 5) is 0. The van der Waals surface area contributed by atoms with Crippen LogP contribution in [0.1, 0.15) is 56.9 Å². The summed E-state index contributed by atoms with van der Waals surface area (Å²) < 4.78 is 26.6. The average Bonchev–Trinajstić information content (AvgIpc) is 2.77. The standard InChI is InChI=1S/C27H28F2/c1-2-3-19-4-6-20(7-5-19)21-8-10-22(11-9-21)23-12-14-24(15-13-23)25-16-17-26(28)27(29)18-25/h8-20H,2-7H2,1H3.